The van der Waals surface area contributed by atoms with Crippen LogP contribution in [0.1, 0.15) is 0 Å². The van der Waals surface area contributed by atoms with Crippen molar-refractivity contribution in [3.8, 4) is 11.5 Å². The molecule has 86 valence electrons. The lowest BCUT2D eigenvalue weighted by Crippen LogP contribution is -2.25. The van der Waals surface area contributed by atoms with E-state index in [1.54, 1.807) is 0 Å². The van der Waals surface area contributed by atoms with E-state index < -0.39 is 6.36 Å². The van der Waals surface area contributed by atoms with Gasteiger partial charge < -0.3 is 14.8 Å². The molecule has 1 heterocycles. The quantitative estimate of drug-likeness (QED) is 0.806. The Balaban J connectivity index is 2.23. The number of amides is 1. The summed E-state index contributed by atoms with van der Waals surface area (Å²) in [6.45, 7) is -0.220. The fourth-order valence-electron chi connectivity index (χ4n) is 1.25. The molecule has 2 rings (SSSR count). The Bertz CT molecular complexity index is 430. The second-order valence-electron chi connectivity index (χ2n) is 3.04. The summed E-state index contributed by atoms with van der Waals surface area (Å²) >= 11 is 0. The number of fused-ring (bicyclic) bond motifs is 1. The van der Waals surface area contributed by atoms with Crippen molar-refractivity contribution in [2.75, 3.05) is 11.9 Å². The number of benzene rings is 1. The van der Waals surface area contributed by atoms with Crippen LogP contribution < -0.4 is 14.8 Å². The van der Waals surface area contributed by atoms with E-state index >= 15 is 0 Å². The molecule has 0 aliphatic carbocycles. The number of anilines is 1. The van der Waals surface area contributed by atoms with Gasteiger partial charge in [0, 0.05) is 6.07 Å². The Morgan fingerprint density at radius 1 is 1.38 bits per heavy atom. The molecule has 1 N–H and O–H groups in total. The number of carbonyl (C=O) groups excluding carboxylic acids is 1. The van der Waals surface area contributed by atoms with Gasteiger partial charge in [0.15, 0.2) is 6.61 Å². The van der Waals surface area contributed by atoms with E-state index in [-0.39, 0.29) is 24.0 Å². The Hall–Kier alpha value is -1.92. The van der Waals surface area contributed by atoms with Gasteiger partial charge in [-0.05, 0) is 12.1 Å². The Morgan fingerprint density at radius 3 is 2.81 bits per heavy atom. The van der Waals surface area contributed by atoms with Gasteiger partial charge in [-0.1, -0.05) is 0 Å². The molecular formula is C9H6F3NO3. The molecule has 0 spiro atoms. The zero-order valence-corrected chi connectivity index (χ0v) is 7.80. The molecule has 1 aliphatic rings. The number of rotatable bonds is 1. The summed E-state index contributed by atoms with van der Waals surface area (Å²) in [4.78, 5) is 10.9. The highest BCUT2D eigenvalue weighted by molar-refractivity contribution is 5.95. The lowest BCUT2D eigenvalue weighted by molar-refractivity contribution is -0.274. The molecule has 1 amide bonds. The first-order valence-corrected chi connectivity index (χ1v) is 4.26. The average Bonchev–Trinajstić information content (AvgIpc) is 2.16. The van der Waals surface area contributed by atoms with E-state index in [1.165, 1.54) is 6.07 Å². The summed E-state index contributed by atoms with van der Waals surface area (Å²) in [6, 6.07) is 3.46. The molecule has 0 atom stereocenters. The first kappa shape index (κ1) is 10.6. The second-order valence-corrected chi connectivity index (χ2v) is 3.04. The van der Waals surface area contributed by atoms with Crippen molar-refractivity contribution >= 4 is 11.6 Å². The number of alkyl halides is 3. The average molecular weight is 233 g/mol. The van der Waals surface area contributed by atoms with E-state index in [4.69, 9.17) is 4.74 Å². The van der Waals surface area contributed by atoms with Gasteiger partial charge in [-0.2, -0.15) is 0 Å². The monoisotopic (exact) mass is 233 g/mol. The van der Waals surface area contributed by atoms with Crippen molar-refractivity contribution < 1.29 is 27.4 Å². The van der Waals surface area contributed by atoms with Crippen LogP contribution in [-0.2, 0) is 4.79 Å². The largest absolute Gasteiger partial charge is 0.573 e. The Labute approximate surface area is 88.0 Å². The normalized spacial score (nSPS) is 14.8. The van der Waals surface area contributed by atoms with Gasteiger partial charge in [0.2, 0.25) is 0 Å². The molecule has 0 saturated heterocycles. The summed E-state index contributed by atoms with van der Waals surface area (Å²) in [5, 5.41) is 2.45. The second kappa shape index (κ2) is 3.58. The SMILES string of the molecule is O=C1COc2cc(OC(F)(F)F)ccc2N1. The smallest absolute Gasteiger partial charge is 0.481 e. The van der Waals surface area contributed by atoms with Gasteiger partial charge in [0.05, 0.1) is 5.69 Å². The predicted molar refractivity (Wildman–Crippen MR) is 47.2 cm³/mol. The van der Waals surface area contributed by atoms with Crippen LogP contribution in [0.4, 0.5) is 18.9 Å². The molecule has 1 aliphatic heterocycles. The van der Waals surface area contributed by atoms with E-state index in [9.17, 15) is 18.0 Å². The first-order chi connectivity index (χ1) is 7.44. The van der Waals surface area contributed by atoms with Crippen molar-refractivity contribution in [3.63, 3.8) is 0 Å². The maximum absolute atomic E-state index is 11.9. The molecule has 0 bridgehead atoms. The van der Waals surface area contributed by atoms with E-state index in [0.717, 1.165) is 12.1 Å². The highest BCUT2D eigenvalue weighted by Crippen LogP contribution is 2.33. The van der Waals surface area contributed by atoms with E-state index in [2.05, 4.69) is 10.1 Å². The van der Waals surface area contributed by atoms with E-state index in [0.29, 0.717) is 5.69 Å². The third kappa shape index (κ3) is 2.36. The van der Waals surface area contributed by atoms with Crippen LogP contribution in [0.15, 0.2) is 18.2 Å². The molecule has 0 unspecified atom stereocenters. The Kier molecular flexibility index (Phi) is 2.37. The molecule has 16 heavy (non-hydrogen) atoms. The summed E-state index contributed by atoms with van der Waals surface area (Å²) in [6.07, 6.45) is -4.74. The molecule has 0 fully saturated rings. The standard InChI is InChI=1S/C9H6F3NO3/c10-9(11,12)16-5-1-2-6-7(3-5)15-4-8(14)13-6/h1-3H,4H2,(H,13,14). The zero-order chi connectivity index (χ0) is 11.8. The third-order valence-electron chi connectivity index (χ3n) is 1.82. The van der Waals surface area contributed by atoms with Gasteiger partial charge in [-0.15, -0.1) is 13.2 Å². The van der Waals surface area contributed by atoms with Gasteiger partial charge in [0.1, 0.15) is 11.5 Å². The van der Waals surface area contributed by atoms with Crippen LogP contribution in [0, 0.1) is 0 Å². The number of nitrogens with one attached hydrogen (secondary N) is 1. The van der Waals surface area contributed by atoms with Crippen LogP contribution in [-0.4, -0.2) is 18.9 Å². The minimum Gasteiger partial charge on any atom is -0.481 e. The van der Waals surface area contributed by atoms with Gasteiger partial charge in [-0.3, -0.25) is 4.79 Å². The minimum absolute atomic E-state index is 0.154. The summed E-state index contributed by atoms with van der Waals surface area (Å²) in [5.74, 6) is -0.583. The molecule has 0 saturated carbocycles. The molecule has 1 aromatic carbocycles. The zero-order valence-electron chi connectivity index (χ0n) is 7.80. The maximum Gasteiger partial charge on any atom is 0.573 e. The lowest BCUT2D eigenvalue weighted by Gasteiger charge is -2.18. The van der Waals surface area contributed by atoms with Gasteiger partial charge in [0.25, 0.3) is 5.91 Å². The van der Waals surface area contributed by atoms with Crippen LogP contribution >= 0.6 is 0 Å². The summed E-state index contributed by atoms with van der Waals surface area (Å²) < 4.78 is 44.3. The van der Waals surface area contributed by atoms with Crippen molar-refractivity contribution in [2.24, 2.45) is 0 Å². The van der Waals surface area contributed by atoms with Crippen LogP contribution in [0.2, 0.25) is 0 Å². The van der Waals surface area contributed by atoms with Crippen molar-refractivity contribution in [3.05, 3.63) is 18.2 Å². The van der Waals surface area contributed by atoms with Crippen molar-refractivity contribution in [1.29, 1.82) is 0 Å². The highest BCUT2D eigenvalue weighted by atomic mass is 19.4. The summed E-state index contributed by atoms with van der Waals surface area (Å²) in [7, 11) is 0. The number of halogens is 3. The Morgan fingerprint density at radius 2 is 2.12 bits per heavy atom. The number of hydrogen-bond donors (Lipinski definition) is 1. The molecule has 4 nitrogen and oxygen atoms in total. The highest BCUT2D eigenvalue weighted by Gasteiger charge is 2.31. The van der Waals surface area contributed by atoms with Crippen LogP contribution in [0.25, 0.3) is 0 Å². The molecule has 1 aromatic rings. The first-order valence-electron chi connectivity index (χ1n) is 4.26. The predicted octanol–water partition coefficient (Wildman–Crippen LogP) is 1.92. The number of hydrogen-bond acceptors (Lipinski definition) is 3. The van der Waals surface area contributed by atoms with Gasteiger partial charge >= 0.3 is 6.36 Å². The van der Waals surface area contributed by atoms with Crippen molar-refractivity contribution in [1.82, 2.24) is 0 Å². The molecule has 0 aromatic heterocycles. The fraction of sp³-hybridized carbons (Fsp3) is 0.222. The summed E-state index contributed by atoms with van der Waals surface area (Å²) in [5.41, 5.74) is 0.325. The number of ether oxygens (including phenoxy) is 2. The molecular weight excluding hydrogens is 227 g/mol. The maximum atomic E-state index is 11.9. The number of carbonyl (C=O) groups is 1. The fourth-order valence-corrected chi connectivity index (χ4v) is 1.25. The van der Waals surface area contributed by atoms with E-state index in [1.807, 2.05) is 0 Å². The lowest BCUT2D eigenvalue weighted by atomic mass is 10.2. The third-order valence-corrected chi connectivity index (χ3v) is 1.82. The van der Waals surface area contributed by atoms with Gasteiger partial charge in [-0.25, -0.2) is 0 Å². The molecule has 0 radical (unpaired) electrons. The topological polar surface area (TPSA) is 47.6 Å². The van der Waals surface area contributed by atoms with Crippen LogP contribution in [0.5, 0.6) is 11.5 Å². The van der Waals surface area contributed by atoms with Crippen LogP contribution in [0.3, 0.4) is 0 Å². The van der Waals surface area contributed by atoms with Crippen molar-refractivity contribution in [2.45, 2.75) is 6.36 Å². The minimum atomic E-state index is -4.74. The molecule has 7 heteroatoms.